The molecule has 1 aliphatic heterocycles. The highest BCUT2D eigenvalue weighted by molar-refractivity contribution is 8.00. The second-order valence-electron chi connectivity index (χ2n) is 5.02. The van der Waals surface area contributed by atoms with Crippen molar-refractivity contribution in [3.8, 4) is 5.75 Å². The molecule has 2 rings (SSSR count). The van der Waals surface area contributed by atoms with Crippen molar-refractivity contribution in [2.45, 2.75) is 11.3 Å². The maximum atomic E-state index is 12.2. The Morgan fingerprint density at radius 2 is 2.33 bits per heavy atom. The van der Waals surface area contributed by atoms with Gasteiger partial charge in [-0.3, -0.25) is 4.79 Å². The summed E-state index contributed by atoms with van der Waals surface area (Å²) in [6.07, 6.45) is 1.11. The van der Waals surface area contributed by atoms with Crippen LogP contribution in [0.25, 0.3) is 0 Å². The molecule has 1 N–H and O–H groups in total. The molecular formula is C15H23ClN2O2S. The molecule has 1 aromatic rings. The number of carbonyl (C=O) groups is 1. The van der Waals surface area contributed by atoms with Crippen LogP contribution >= 0.6 is 24.2 Å². The van der Waals surface area contributed by atoms with Gasteiger partial charge in [0.15, 0.2) is 0 Å². The molecule has 0 aliphatic carbocycles. The molecule has 0 saturated carbocycles. The first-order valence-electron chi connectivity index (χ1n) is 6.92. The molecule has 0 aromatic heterocycles. The molecule has 1 aliphatic rings. The molecule has 4 nitrogen and oxygen atoms in total. The van der Waals surface area contributed by atoms with Gasteiger partial charge in [-0.1, -0.05) is 6.07 Å². The monoisotopic (exact) mass is 330 g/mol. The van der Waals surface area contributed by atoms with Crippen molar-refractivity contribution in [3.63, 3.8) is 0 Å². The maximum absolute atomic E-state index is 12.2. The Morgan fingerprint density at radius 3 is 3.05 bits per heavy atom. The van der Waals surface area contributed by atoms with Gasteiger partial charge in [-0.15, -0.1) is 24.2 Å². The number of methoxy groups -OCH3 is 1. The molecule has 1 atom stereocenters. The number of hydrogen-bond donors (Lipinski definition) is 1. The van der Waals surface area contributed by atoms with Crippen LogP contribution in [-0.2, 0) is 4.79 Å². The van der Waals surface area contributed by atoms with Crippen LogP contribution < -0.4 is 10.1 Å². The lowest BCUT2D eigenvalue weighted by atomic mass is 10.1. The third-order valence-electron chi connectivity index (χ3n) is 3.53. The van der Waals surface area contributed by atoms with Crippen LogP contribution in [0, 0.1) is 5.92 Å². The first-order chi connectivity index (χ1) is 9.72. The number of hydrogen-bond acceptors (Lipinski definition) is 4. The van der Waals surface area contributed by atoms with E-state index in [4.69, 9.17) is 4.74 Å². The van der Waals surface area contributed by atoms with E-state index in [2.05, 4.69) is 5.32 Å². The van der Waals surface area contributed by atoms with Crippen molar-refractivity contribution >= 4 is 30.1 Å². The van der Waals surface area contributed by atoms with Crippen molar-refractivity contribution in [2.75, 3.05) is 39.5 Å². The quantitative estimate of drug-likeness (QED) is 0.813. The van der Waals surface area contributed by atoms with E-state index in [0.717, 1.165) is 36.7 Å². The van der Waals surface area contributed by atoms with Gasteiger partial charge in [-0.2, -0.15) is 0 Å². The van der Waals surface area contributed by atoms with Crippen LogP contribution in [0.3, 0.4) is 0 Å². The predicted octanol–water partition coefficient (Wildman–Crippen LogP) is 2.28. The third-order valence-corrected chi connectivity index (χ3v) is 4.51. The fourth-order valence-electron chi connectivity index (χ4n) is 2.44. The lowest BCUT2D eigenvalue weighted by Crippen LogP contribution is -2.31. The van der Waals surface area contributed by atoms with Gasteiger partial charge >= 0.3 is 0 Å². The summed E-state index contributed by atoms with van der Waals surface area (Å²) < 4.78 is 5.19. The number of carbonyl (C=O) groups excluding carboxylic acids is 1. The van der Waals surface area contributed by atoms with Gasteiger partial charge in [-0.05, 0) is 44.1 Å². The summed E-state index contributed by atoms with van der Waals surface area (Å²) in [5, 5.41) is 3.18. The number of rotatable bonds is 6. The summed E-state index contributed by atoms with van der Waals surface area (Å²) in [5.74, 6) is 2.17. The number of thioether (sulfide) groups is 1. The van der Waals surface area contributed by atoms with E-state index in [9.17, 15) is 4.79 Å². The molecule has 1 aromatic carbocycles. The summed E-state index contributed by atoms with van der Waals surface area (Å²) in [4.78, 5) is 15.2. The summed E-state index contributed by atoms with van der Waals surface area (Å²) >= 11 is 1.57. The molecule has 1 unspecified atom stereocenters. The van der Waals surface area contributed by atoms with E-state index < -0.39 is 0 Å². The molecule has 6 heteroatoms. The van der Waals surface area contributed by atoms with Crippen LogP contribution in [0.4, 0.5) is 0 Å². The number of nitrogens with one attached hydrogen (secondary N) is 1. The number of halogens is 1. The second-order valence-corrected chi connectivity index (χ2v) is 6.07. The van der Waals surface area contributed by atoms with E-state index >= 15 is 0 Å². The van der Waals surface area contributed by atoms with Crippen molar-refractivity contribution in [1.82, 2.24) is 10.2 Å². The standard InChI is InChI=1S/C15H22N2O2S.ClH/c1-16-9-12-6-7-17(10-12)15(18)11-20-14-5-3-4-13(8-14)19-2;/h3-5,8,12,16H,6-7,9-11H2,1-2H3;1H. The van der Waals surface area contributed by atoms with Crippen molar-refractivity contribution in [3.05, 3.63) is 24.3 Å². The zero-order chi connectivity index (χ0) is 14.4. The average molecular weight is 331 g/mol. The molecule has 21 heavy (non-hydrogen) atoms. The highest BCUT2D eigenvalue weighted by Gasteiger charge is 2.25. The highest BCUT2D eigenvalue weighted by atomic mass is 35.5. The summed E-state index contributed by atoms with van der Waals surface area (Å²) in [7, 11) is 3.62. The molecule has 0 bridgehead atoms. The van der Waals surface area contributed by atoms with Crippen LogP contribution in [-0.4, -0.2) is 50.4 Å². The molecule has 1 heterocycles. The Labute approximate surface area is 137 Å². The minimum atomic E-state index is 0. The van der Waals surface area contributed by atoms with Gasteiger partial charge in [-0.25, -0.2) is 0 Å². The smallest absolute Gasteiger partial charge is 0.232 e. The van der Waals surface area contributed by atoms with E-state index in [1.165, 1.54) is 0 Å². The van der Waals surface area contributed by atoms with Crippen LogP contribution in [0.2, 0.25) is 0 Å². The minimum Gasteiger partial charge on any atom is -0.497 e. The Bertz CT molecular complexity index is 459. The zero-order valence-corrected chi connectivity index (χ0v) is 14.1. The zero-order valence-electron chi connectivity index (χ0n) is 12.5. The third kappa shape index (κ3) is 5.41. The van der Waals surface area contributed by atoms with Gasteiger partial charge < -0.3 is 15.0 Å². The maximum Gasteiger partial charge on any atom is 0.232 e. The van der Waals surface area contributed by atoms with Gasteiger partial charge in [0, 0.05) is 18.0 Å². The topological polar surface area (TPSA) is 41.6 Å². The molecule has 0 spiro atoms. The van der Waals surface area contributed by atoms with Crippen LogP contribution in [0.1, 0.15) is 6.42 Å². The first kappa shape index (κ1) is 18.1. The minimum absolute atomic E-state index is 0. The summed E-state index contributed by atoms with van der Waals surface area (Å²) in [6, 6.07) is 7.83. The van der Waals surface area contributed by atoms with Crippen molar-refractivity contribution < 1.29 is 9.53 Å². The number of benzene rings is 1. The number of nitrogens with zero attached hydrogens (tertiary/aromatic N) is 1. The lowest BCUT2D eigenvalue weighted by Gasteiger charge is -2.16. The van der Waals surface area contributed by atoms with Gasteiger partial charge in [0.2, 0.25) is 5.91 Å². The SMILES string of the molecule is CNCC1CCN(C(=O)CSc2cccc(OC)c2)C1.Cl. The molecule has 0 radical (unpaired) electrons. The first-order valence-corrected chi connectivity index (χ1v) is 7.90. The van der Waals surface area contributed by atoms with Gasteiger partial charge in [0.05, 0.1) is 12.9 Å². The van der Waals surface area contributed by atoms with Crippen molar-refractivity contribution in [1.29, 1.82) is 0 Å². The highest BCUT2D eigenvalue weighted by Crippen LogP contribution is 2.24. The molecule has 1 fully saturated rings. The Balaban J connectivity index is 0.00000220. The summed E-state index contributed by atoms with van der Waals surface area (Å²) in [6.45, 7) is 2.77. The van der Waals surface area contributed by atoms with Gasteiger partial charge in [0.25, 0.3) is 0 Å². The van der Waals surface area contributed by atoms with Crippen LogP contribution in [0.5, 0.6) is 5.75 Å². The van der Waals surface area contributed by atoms with E-state index in [-0.39, 0.29) is 18.3 Å². The van der Waals surface area contributed by atoms with Crippen LogP contribution in [0.15, 0.2) is 29.2 Å². The van der Waals surface area contributed by atoms with E-state index in [1.807, 2.05) is 36.2 Å². The number of likely N-dealkylation sites (tertiary alicyclic amines) is 1. The molecule has 118 valence electrons. The van der Waals surface area contributed by atoms with E-state index in [0.29, 0.717) is 11.7 Å². The molecular weight excluding hydrogens is 308 g/mol. The van der Waals surface area contributed by atoms with Gasteiger partial charge in [0.1, 0.15) is 5.75 Å². The number of amides is 1. The summed E-state index contributed by atoms with van der Waals surface area (Å²) in [5.41, 5.74) is 0. The van der Waals surface area contributed by atoms with Crippen molar-refractivity contribution in [2.24, 2.45) is 5.92 Å². The second kappa shape index (κ2) is 9.18. The Morgan fingerprint density at radius 1 is 1.52 bits per heavy atom. The Hall–Kier alpha value is -0.910. The average Bonchev–Trinajstić information content (AvgIpc) is 2.94. The normalized spacial score (nSPS) is 17.4. The fourth-order valence-corrected chi connectivity index (χ4v) is 3.29. The fraction of sp³-hybridized carbons (Fsp3) is 0.533. The predicted molar refractivity (Wildman–Crippen MR) is 89.6 cm³/mol. The Kier molecular flexibility index (Phi) is 7.93. The molecule has 1 amide bonds. The van der Waals surface area contributed by atoms with E-state index in [1.54, 1.807) is 18.9 Å². The largest absolute Gasteiger partial charge is 0.497 e. The number of ether oxygens (including phenoxy) is 1. The lowest BCUT2D eigenvalue weighted by molar-refractivity contribution is -0.127. The molecule has 1 saturated heterocycles.